The van der Waals surface area contributed by atoms with Crippen LogP contribution >= 0.6 is 0 Å². The quantitative estimate of drug-likeness (QED) is 0.737. The monoisotopic (exact) mass is 236 g/mol. The fraction of sp³-hybridized carbons (Fsp3) is 0.500. The summed E-state index contributed by atoms with van der Waals surface area (Å²) in [5.41, 5.74) is 0.857. The number of carbonyl (C=O) groups excluding carboxylic acids is 1. The fourth-order valence-electron chi connectivity index (χ4n) is 1.24. The van der Waals surface area contributed by atoms with E-state index in [4.69, 9.17) is 9.47 Å². The van der Waals surface area contributed by atoms with Crippen molar-refractivity contribution in [1.82, 2.24) is 0 Å². The molecule has 1 aromatic carbocycles. The van der Waals surface area contributed by atoms with Crippen molar-refractivity contribution in [1.29, 1.82) is 0 Å². The van der Waals surface area contributed by atoms with E-state index in [1.807, 2.05) is 51.1 Å². The van der Waals surface area contributed by atoms with E-state index in [9.17, 15) is 4.79 Å². The Kier molecular flexibility index (Phi) is 5.16. The van der Waals surface area contributed by atoms with Crippen LogP contribution < -0.4 is 0 Å². The lowest BCUT2D eigenvalue weighted by atomic mass is 10.2. The van der Waals surface area contributed by atoms with Crippen LogP contribution in [-0.2, 0) is 20.7 Å². The Morgan fingerprint density at radius 3 is 2.41 bits per heavy atom. The van der Waals surface area contributed by atoms with Gasteiger partial charge in [-0.3, -0.25) is 0 Å². The van der Waals surface area contributed by atoms with Gasteiger partial charge in [0.2, 0.25) is 0 Å². The molecule has 0 aliphatic rings. The third-order valence-corrected chi connectivity index (χ3v) is 2.12. The number of esters is 1. The molecule has 0 heterocycles. The minimum absolute atomic E-state index is 0.0122. The number of carbonyl (C=O) groups is 1. The third kappa shape index (κ3) is 6.74. The normalized spacial score (nSPS) is 11.2. The first kappa shape index (κ1) is 13.7. The summed E-state index contributed by atoms with van der Waals surface area (Å²) in [5.74, 6) is -0.309. The average molecular weight is 236 g/mol. The van der Waals surface area contributed by atoms with Crippen LogP contribution in [0.15, 0.2) is 30.3 Å². The Bertz CT molecular complexity index is 338. The summed E-state index contributed by atoms with van der Waals surface area (Å²) in [6.45, 7) is 6.13. The van der Waals surface area contributed by atoms with Crippen LogP contribution in [-0.4, -0.2) is 24.8 Å². The van der Waals surface area contributed by atoms with E-state index >= 15 is 0 Å². The summed E-state index contributed by atoms with van der Waals surface area (Å²) in [5, 5.41) is 0. The highest BCUT2D eigenvalue weighted by Crippen LogP contribution is 2.06. The molecule has 1 rings (SSSR count). The number of ether oxygens (including phenoxy) is 2. The van der Waals surface area contributed by atoms with E-state index in [1.54, 1.807) is 0 Å². The molecule has 0 N–H and O–H groups in total. The molecular weight excluding hydrogens is 216 g/mol. The molecule has 94 valence electrons. The second kappa shape index (κ2) is 6.40. The standard InChI is InChI=1S/C14H20O3/c1-14(2,3)17-11-13(15)16-10-9-12-7-5-4-6-8-12/h4-8H,9-11H2,1-3H3. The first-order valence-electron chi connectivity index (χ1n) is 5.81. The first-order valence-corrected chi connectivity index (χ1v) is 5.81. The molecule has 1 aromatic rings. The molecular formula is C14H20O3. The average Bonchev–Trinajstić information content (AvgIpc) is 2.27. The van der Waals surface area contributed by atoms with Gasteiger partial charge < -0.3 is 9.47 Å². The van der Waals surface area contributed by atoms with Crippen LogP contribution in [0.1, 0.15) is 26.3 Å². The smallest absolute Gasteiger partial charge is 0.332 e. The highest BCUT2D eigenvalue weighted by atomic mass is 16.6. The molecule has 17 heavy (non-hydrogen) atoms. The largest absolute Gasteiger partial charge is 0.464 e. The molecule has 0 aliphatic carbocycles. The zero-order chi connectivity index (χ0) is 12.7. The summed E-state index contributed by atoms with van der Waals surface area (Å²) in [6.07, 6.45) is 0.738. The Balaban J connectivity index is 2.17. The summed E-state index contributed by atoms with van der Waals surface area (Å²) in [6, 6.07) is 9.94. The van der Waals surface area contributed by atoms with E-state index in [-0.39, 0.29) is 18.2 Å². The molecule has 0 saturated carbocycles. The second-order valence-electron chi connectivity index (χ2n) is 4.86. The Morgan fingerprint density at radius 1 is 1.18 bits per heavy atom. The molecule has 3 nitrogen and oxygen atoms in total. The van der Waals surface area contributed by atoms with E-state index in [1.165, 1.54) is 0 Å². The van der Waals surface area contributed by atoms with Gasteiger partial charge in [-0.25, -0.2) is 4.79 Å². The van der Waals surface area contributed by atoms with Gasteiger partial charge in [0.1, 0.15) is 6.61 Å². The lowest BCUT2D eigenvalue weighted by molar-refractivity contribution is -0.153. The van der Waals surface area contributed by atoms with Gasteiger partial charge in [0.15, 0.2) is 0 Å². The summed E-state index contributed by atoms with van der Waals surface area (Å²) in [4.78, 5) is 11.3. The second-order valence-corrected chi connectivity index (χ2v) is 4.86. The zero-order valence-electron chi connectivity index (χ0n) is 10.7. The van der Waals surface area contributed by atoms with Crippen molar-refractivity contribution in [3.8, 4) is 0 Å². The number of hydrogen-bond donors (Lipinski definition) is 0. The molecule has 0 saturated heterocycles. The van der Waals surface area contributed by atoms with Crippen molar-refractivity contribution in [2.24, 2.45) is 0 Å². The van der Waals surface area contributed by atoms with Crippen molar-refractivity contribution >= 4 is 5.97 Å². The molecule has 3 heteroatoms. The van der Waals surface area contributed by atoms with Gasteiger partial charge in [-0.15, -0.1) is 0 Å². The van der Waals surface area contributed by atoms with Crippen molar-refractivity contribution < 1.29 is 14.3 Å². The highest BCUT2D eigenvalue weighted by molar-refractivity contribution is 5.70. The Hall–Kier alpha value is -1.35. The van der Waals surface area contributed by atoms with Gasteiger partial charge in [-0.05, 0) is 26.3 Å². The van der Waals surface area contributed by atoms with Gasteiger partial charge in [-0.1, -0.05) is 30.3 Å². The summed E-state index contributed by atoms with van der Waals surface area (Å²) < 4.78 is 10.4. The van der Waals surface area contributed by atoms with E-state index in [2.05, 4.69) is 0 Å². The predicted octanol–water partition coefficient (Wildman–Crippen LogP) is 2.59. The lowest BCUT2D eigenvalue weighted by Gasteiger charge is -2.18. The summed E-state index contributed by atoms with van der Waals surface area (Å²) >= 11 is 0. The minimum atomic E-state index is -0.309. The van der Waals surface area contributed by atoms with Crippen molar-refractivity contribution in [3.63, 3.8) is 0 Å². The molecule has 0 unspecified atom stereocenters. The molecule has 0 spiro atoms. The lowest BCUT2D eigenvalue weighted by Crippen LogP contribution is -2.25. The molecule has 0 atom stereocenters. The van der Waals surface area contributed by atoms with Gasteiger partial charge in [0.05, 0.1) is 12.2 Å². The molecule has 0 aliphatic heterocycles. The van der Waals surface area contributed by atoms with E-state index < -0.39 is 0 Å². The van der Waals surface area contributed by atoms with Crippen LogP contribution in [0.2, 0.25) is 0 Å². The van der Waals surface area contributed by atoms with Gasteiger partial charge in [0, 0.05) is 6.42 Å². The summed E-state index contributed by atoms with van der Waals surface area (Å²) in [7, 11) is 0. The van der Waals surface area contributed by atoms with E-state index in [0.29, 0.717) is 6.61 Å². The number of rotatable bonds is 5. The van der Waals surface area contributed by atoms with Crippen LogP contribution in [0.4, 0.5) is 0 Å². The maximum Gasteiger partial charge on any atom is 0.332 e. The number of hydrogen-bond acceptors (Lipinski definition) is 3. The molecule has 0 aromatic heterocycles. The predicted molar refractivity (Wildman–Crippen MR) is 66.8 cm³/mol. The minimum Gasteiger partial charge on any atom is -0.464 e. The third-order valence-electron chi connectivity index (χ3n) is 2.12. The molecule has 0 amide bonds. The number of benzene rings is 1. The Labute approximate surface area is 103 Å². The van der Waals surface area contributed by atoms with Gasteiger partial charge in [0.25, 0.3) is 0 Å². The zero-order valence-corrected chi connectivity index (χ0v) is 10.7. The maximum atomic E-state index is 11.3. The van der Waals surface area contributed by atoms with Gasteiger partial charge >= 0.3 is 5.97 Å². The van der Waals surface area contributed by atoms with Crippen molar-refractivity contribution in [3.05, 3.63) is 35.9 Å². The van der Waals surface area contributed by atoms with Crippen LogP contribution in [0.3, 0.4) is 0 Å². The van der Waals surface area contributed by atoms with E-state index in [0.717, 1.165) is 12.0 Å². The van der Waals surface area contributed by atoms with Crippen LogP contribution in [0, 0.1) is 0 Å². The molecule has 0 bridgehead atoms. The van der Waals surface area contributed by atoms with Crippen molar-refractivity contribution in [2.45, 2.75) is 32.8 Å². The van der Waals surface area contributed by atoms with Crippen LogP contribution in [0.25, 0.3) is 0 Å². The fourth-order valence-corrected chi connectivity index (χ4v) is 1.24. The molecule has 0 fully saturated rings. The SMILES string of the molecule is CC(C)(C)OCC(=O)OCCc1ccccc1. The molecule has 0 radical (unpaired) electrons. The topological polar surface area (TPSA) is 35.5 Å². The van der Waals surface area contributed by atoms with Crippen LogP contribution in [0.5, 0.6) is 0 Å². The Morgan fingerprint density at radius 2 is 1.82 bits per heavy atom. The highest BCUT2D eigenvalue weighted by Gasteiger charge is 2.13. The van der Waals surface area contributed by atoms with Crippen molar-refractivity contribution in [2.75, 3.05) is 13.2 Å². The van der Waals surface area contributed by atoms with Gasteiger partial charge in [-0.2, -0.15) is 0 Å². The maximum absolute atomic E-state index is 11.3. The first-order chi connectivity index (χ1) is 7.97.